The van der Waals surface area contributed by atoms with E-state index in [2.05, 4.69) is 28.0 Å². The van der Waals surface area contributed by atoms with Crippen molar-refractivity contribution in [3.63, 3.8) is 0 Å². The fourth-order valence-corrected chi connectivity index (χ4v) is 6.60. The van der Waals surface area contributed by atoms with E-state index in [1.807, 2.05) is 35.2 Å². The first-order chi connectivity index (χ1) is 16.3. The van der Waals surface area contributed by atoms with Crippen LogP contribution in [-0.4, -0.2) is 54.7 Å². The van der Waals surface area contributed by atoms with Crippen LogP contribution in [0.1, 0.15) is 67.2 Å². The standard InChI is InChI=1S/C28H35N3O2/c32-28(33-20-21-6-2-1-3-7-21)31-13-12-22-18-27(31)26-19-24(10-11-25(22)26)30-16-14-29(15-17-30)23-8-4-5-9-23/h1-3,6-7,10-11,19,22-23,27H,4-5,8-9,12-18,20H2/t22-,27+/m1/s1. The third-order valence-corrected chi connectivity index (χ3v) is 8.43. The van der Waals surface area contributed by atoms with Gasteiger partial charge >= 0.3 is 6.09 Å². The number of hydrogen-bond donors (Lipinski definition) is 0. The van der Waals surface area contributed by atoms with Crippen LogP contribution in [0.25, 0.3) is 0 Å². The molecule has 2 aromatic rings. The van der Waals surface area contributed by atoms with Gasteiger partial charge in [0.2, 0.25) is 0 Å². The van der Waals surface area contributed by atoms with E-state index in [4.69, 9.17) is 4.74 Å². The van der Waals surface area contributed by atoms with Crippen molar-refractivity contribution < 1.29 is 9.53 Å². The molecule has 2 atom stereocenters. The van der Waals surface area contributed by atoms with Crippen LogP contribution in [0.15, 0.2) is 48.5 Å². The van der Waals surface area contributed by atoms with E-state index >= 15 is 0 Å². The first kappa shape index (κ1) is 21.0. The Bertz CT molecular complexity index is 980. The van der Waals surface area contributed by atoms with E-state index in [0.29, 0.717) is 12.5 Å². The Labute approximate surface area is 197 Å². The fourth-order valence-electron chi connectivity index (χ4n) is 6.60. The first-order valence-electron chi connectivity index (χ1n) is 12.9. The van der Waals surface area contributed by atoms with Gasteiger partial charge in [-0.3, -0.25) is 4.90 Å². The van der Waals surface area contributed by atoms with E-state index in [9.17, 15) is 4.79 Å². The van der Waals surface area contributed by atoms with Gasteiger partial charge in [0.25, 0.3) is 0 Å². The minimum absolute atomic E-state index is 0.154. The highest BCUT2D eigenvalue weighted by atomic mass is 16.6. The van der Waals surface area contributed by atoms with Crippen molar-refractivity contribution in [2.24, 2.45) is 0 Å². The summed E-state index contributed by atoms with van der Waals surface area (Å²) in [5.74, 6) is 0.580. The third kappa shape index (κ3) is 4.12. The Balaban J connectivity index is 1.14. The Morgan fingerprint density at radius 2 is 1.67 bits per heavy atom. The van der Waals surface area contributed by atoms with Gasteiger partial charge in [-0.05, 0) is 60.4 Å². The lowest BCUT2D eigenvalue weighted by Crippen LogP contribution is -2.49. The zero-order valence-electron chi connectivity index (χ0n) is 19.5. The highest BCUT2D eigenvalue weighted by Gasteiger charge is 2.41. The number of carbonyl (C=O) groups excluding carboxylic acids is 1. The van der Waals surface area contributed by atoms with Crippen LogP contribution in [-0.2, 0) is 11.3 Å². The van der Waals surface area contributed by atoms with Gasteiger partial charge in [-0.25, -0.2) is 4.79 Å². The summed E-state index contributed by atoms with van der Waals surface area (Å²) < 4.78 is 5.71. The van der Waals surface area contributed by atoms with Gasteiger partial charge in [-0.15, -0.1) is 0 Å². The van der Waals surface area contributed by atoms with E-state index in [0.717, 1.165) is 44.1 Å². The molecule has 2 heterocycles. The van der Waals surface area contributed by atoms with E-state index in [1.54, 1.807) is 0 Å². The summed E-state index contributed by atoms with van der Waals surface area (Å²) in [6, 6.07) is 18.0. The first-order valence-corrected chi connectivity index (χ1v) is 12.9. The highest BCUT2D eigenvalue weighted by Crippen LogP contribution is 2.50. The molecule has 1 amide bonds. The number of rotatable bonds is 4. The molecule has 2 saturated heterocycles. The van der Waals surface area contributed by atoms with Crippen molar-refractivity contribution >= 4 is 11.8 Å². The van der Waals surface area contributed by atoms with Crippen LogP contribution in [0, 0.1) is 0 Å². The topological polar surface area (TPSA) is 36.0 Å². The second-order valence-electron chi connectivity index (χ2n) is 10.2. The lowest BCUT2D eigenvalue weighted by atomic mass is 9.96. The summed E-state index contributed by atoms with van der Waals surface area (Å²) in [5, 5.41) is 0. The van der Waals surface area contributed by atoms with Crippen LogP contribution >= 0.6 is 0 Å². The van der Waals surface area contributed by atoms with E-state index in [1.165, 1.54) is 55.6 Å². The zero-order valence-corrected chi connectivity index (χ0v) is 19.5. The molecule has 2 aliphatic carbocycles. The van der Waals surface area contributed by atoms with Gasteiger partial charge in [0.1, 0.15) is 6.61 Å². The smallest absolute Gasteiger partial charge is 0.410 e. The molecule has 0 radical (unpaired) electrons. The second-order valence-corrected chi connectivity index (χ2v) is 10.2. The number of anilines is 1. The zero-order chi connectivity index (χ0) is 22.2. The third-order valence-electron chi connectivity index (χ3n) is 8.43. The van der Waals surface area contributed by atoms with Gasteiger partial charge in [-0.2, -0.15) is 0 Å². The van der Waals surface area contributed by atoms with Crippen LogP contribution in [0.5, 0.6) is 0 Å². The van der Waals surface area contributed by atoms with Crippen LogP contribution in [0.3, 0.4) is 0 Å². The molecule has 6 rings (SSSR count). The Hall–Kier alpha value is -2.53. The summed E-state index contributed by atoms with van der Waals surface area (Å²) >= 11 is 0. The Kier molecular flexibility index (Phi) is 5.75. The normalized spacial score (nSPS) is 25.3. The summed E-state index contributed by atoms with van der Waals surface area (Å²) in [6.45, 7) is 5.67. The minimum atomic E-state index is -0.175. The SMILES string of the molecule is O=C(OCc1ccccc1)N1CC[C@@H]2C[C@H]1c1cc(N3CCN(C4CCCC4)CC3)ccc12. The molecule has 5 nitrogen and oxygen atoms in total. The lowest BCUT2D eigenvalue weighted by Gasteiger charge is -2.39. The second kappa shape index (κ2) is 9.02. The molecule has 2 aliphatic heterocycles. The number of carbonyl (C=O) groups is 1. The molecular weight excluding hydrogens is 410 g/mol. The number of piperazine rings is 1. The quantitative estimate of drug-likeness (QED) is 0.638. The number of likely N-dealkylation sites (tertiary alicyclic amines) is 1. The summed E-state index contributed by atoms with van der Waals surface area (Å²) in [7, 11) is 0. The molecular formula is C28H35N3O2. The van der Waals surface area contributed by atoms with Crippen molar-refractivity contribution in [2.45, 2.75) is 63.1 Å². The number of piperidine rings is 1. The molecule has 0 aromatic heterocycles. The predicted octanol–water partition coefficient (Wildman–Crippen LogP) is 5.32. The summed E-state index contributed by atoms with van der Waals surface area (Å²) in [4.78, 5) is 20.2. The fraction of sp³-hybridized carbons (Fsp3) is 0.536. The molecule has 5 heteroatoms. The molecule has 4 aliphatic rings. The molecule has 0 spiro atoms. The average Bonchev–Trinajstić information content (AvgIpc) is 3.51. The molecule has 33 heavy (non-hydrogen) atoms. The van der Waals surface area contributed by atoms with Crippen LogP contribution in [0.4, 0.5) is 10.5 Å². The molecule has 3 fully saturated rings. The Morgan fingerprint density at radius 1 is 0.879 bits per heavy atom. The number of amides is 1. The van der Waals surface area contributed by atoms with Crippen molar-refractivity contribution in [2.75, 3.05) is 37.6 Å². The predicted molar refractivity (Wildman–Crippen MR) is 131 cm³/mol. The monoisotopic (exact) mass is 445 g/mol. The molecule has 2 aromatic carbocycles. The molecule has 2 bridgehead atoms. The van der Waals surface area contributed by atoms with E-state index in [-0.39, 0.29) is 12.1 Å². The maximum absolute atomic E-state index is 13.0. The molecule has 1 saturated carbocycles. The Morgan fingerprint density at radius 3 is 2.45 bits per heavy atom. The average molecular weight is 446 g/mol. The maximum Gasteiger partial charge on any atom is 0.410 e. The van der Waals surface area contributed by atoms with Crippen molar-refractivity contribution in [1.82, 2.24) is 9.80 Å². The summed E-state index contributed by atoms with van der Waals surface area (Å²) in [6.07, 6.45) is 7.48. The van der Waals surface area contributed by atoms with Gasteiger partial charge < -0.3 is 14.5 Å². The number of hydrogen-bond acceptors (Lipinski definition) is 4. The van der Waals surface area contributed by atoms with Gasteiger partial charge in [0, 0.05) is 44.5 Å². The number of nitrogens with zero attached hydrogens (tertiary/aromatic N) is 3. The van der Waals surface area contributed by atoms with E-state index < -0.39 is 0 Å². The van der Waals surface area contributed by atoms with Crippen LogP contribution in [0.2, 0.25) is 0 Å². The lowest BCUT2D eigenvalue weighted by molar-refractivity contribution is 0.0694. The van der Waals surface area contributed by atoms with Gasteiger partial charge in [0.05, 0.1) is 6.04 Å². The maximum atomic E-state index is 13.0. The molecule has 174 valence electrons. The van der Waals surface area contributed by atoms with Gasteiger partial charge in [0.15, 0.2) is 0 Å². The van der Waals surface area contributed by atoms with Gasteiger partial charge in [-0.1, -0.05) is 49.2 Å². The largest absolute Gasteiger partial charge is 0.445 e. The molecule has 0 N–H and O–H groups in total. The van der Waals surface area contributed by atoms with Crippen LogP contribution < -0.4 is 4.90 Å². The molecule has 0 unspecified atom stereocenters. The summed E-state index contributed by atoms with van der Waals surface area (Å²) in [5.41, 5.74) is 5.16. The van der Waals surface area contributed by atoms with Crippen molar-refractivity contribution in [1.29, 1.82) is 0 Å². The minimum Gasteiger partial charge on any atom is -0.445 e. The number of fused-ring (bicyclic) bond motifs is 5. The van der Waals surface area contributed by atoms with Crippen molar-refractivity contribution in [3.05, 3.63) is 65.2 Å². The highest BCUT2D eigenvalue weighted by molar-refractivity contribution is 5.70. The number of ether oxygens (including phenoxy) is 1. The van der Waals surface area contributed by atoms with Crippen molar-refractivity contribution in [3.8, 4) is 0 Å². The number of benzene rings is 2.